The topological polar surface area (TPSA) is 41.6 Å². The first-order chi connectivity index (χ1) is 11.5. The molecule has 2 unspecified atom stereocenters. The van der Waals surface area contributed by atoms with Gasteiger partial charge in [-0.25, -0.2) is 0 Å². The minimum Gasteiger partial charge on any atom is -0.373 e. The Hall–Kier alpha value is -0.560. The van der Waals surface area contributed by atoms with Crippen LogP contribution < -0.4 is 5.32 Å². The standard InChI is InChI=1S/C18H27BrN2O2S/c1-14-12-21(13-15(2)23-14)10-3-9-20-18(22)8-11-24-17-6-4-16(19)5-7-17/h4-7,14-15H,3,8-13H2,1-2H3,(H,20,22). The minimum atomic E-state index is 0.142. The van der Waals surface area contributed by atoms with Crippen molar-refractivity contribution in [2.45, 2.75) is 43.8 Å². The van der Waals surface area contributed by atoms with Crippen LogP contribution in [0.25, 0.3) is 0 Å². The van der Waals surface area contributed by atoms with Crippen molar-refractivity contribution in [3.05, 3.63) is 28.7 Å². The molecule has 1 heterocycles. The monoisotopic (exact) mass is 414 g/mol. The third kappa shape index (κ3) is 7.55. The minimum absolute atomic E-state index is 0.142. The van der Waals surface area contributed by atoms with E-state index in [1.54, 1.807) is 11.8 Å². The fourth-order valence-electron chi connectivity index (χ4n) is 2.88. The molecule has 0 spiro atoms. The number of ether oxygens (including phenoxy) is 1. The van der Waals surface area contributed by atoms with E-state index in [0.717, 1.165) is 42.8 Å². The number of carbonyl (C=O) groups excluding carboxylic acids is 1. The Kier molecular flexibility index (Phi) is 8.59. The quantitative estimate of drug-likeness (QED) is 0.521. The Morgan fingerprint density at radius 3 is 2.62 bits per heavy atom. The first-order valence-electron chi connectivity index (χ1n) is 8.56. The van der Waals surface area contributed by atoms with Crippen LogP contribution in [0.1, 0.15) is 26.7 Å². The molecule has 0 radical (unpaired) electrons. The van der Waals surface area contributed by atoms with E-state index in [-0.39, 0.29) is 5.91 Å². The molecule has 0 aliphatic carbocycles. The van der Waals surface area contributed by atoms with E-state index < -0.39 is 0 Å². The van der Waals surface area contributed by atoms with Crippen LogP contribution in [0.15, 0.2) is 33.6 Å². The van der Waals surface area contributed by atoms with Crippen LogP contribution in [-0.4, -0.2) is 54.9 Å². The average molecular weight is 415 g/mol. The van der Waals surface area contributed by atoms with Crippen LogP contribution in [0.4, 0.5) is 0 Å². The van der Waals surface area contributed by atoms with Crippen LogP contribution in [0.2, 0.25) is 0 Å². The molecule has 0 saturated carbocycles. The van der Waals surface area contributed by atoms with Gasteiger partial charge in [0.1, 0.15) is 0 Å². The maximum absolute atomic E-state index is 11.9. The van der Waals surface area contributed by atoms with E-state index in [1.807, 2.05) is 12.1 Å². The van der Waals surface area contributed by atoms with E-state index in [4.69, 9.17) is 4.74 Å². The summed E-state index contributed by atoms with van der Waals surface area (Å²) in [4.78, 5) is 15.5. The van der Waals surface area contributed by atoms with Crippen molar-refractivity contribution in [2.75, 3.05) is 31.9 Å². The summed E-state index contributed by atoms with van der Waals surface area (Å²) in [6, 6.07) is 8.18. The fraction of sp³-hybridized carbons (Fsp3) is 0.611. The number of hydrogen-bond acceptors (Lipinski definition) is 4. The number of morpholine rings is 1. The molecule has 6 heteroatoms. The molecular formula is C18H27BrN2O2S. The van der Waals surface area contributed by atoms with Crippen molar-refractivity contribution in [1.82, 2.24) is 10.2 Å². The summed E-state index contributed by atoms with van der Waals surface area (Å²) in [7, 11) is 0. The summed E-state index contributed by atoms with van der Waals surface area (Å²) in [6.07, 6.45) is 2.16. The molecular weight excluding hydrogens is 388 g/mol. The maximum atomic E-state index is 11.9. The molecule has 0 aromatic heterocycles. The summed E-state index contributed by atoms with van der Waals surface area (Å²) in [5.74, 6) is 0.953. The average Bonchev–Trinajstić information content (AvgIpc) is 2.53. The summed E-state index contributed by atoms with van der Waals surface area (Å²) >= 11 is 5.14. The Morgan fingerprint density at radius 2 is 1.96 bits per heavy atom. The summed E-state index contributed by atoms with van der Waals surface area (Å²) in [5.41, 5.74) is 0. The third-order valence-corrected chi connectivity index (χ3v) is 5.42. The lowest BCUT2D eigenvalue weighted by molar-refractivity contribution is -0.120. The maximum Gasteiger partial charge on any atom is 0.220 e. The zero-order valence-corrected chi connectivity index (χ0v) is 16.9. The molecule has 134 valence electrons. The second kappa shape index (κ2) is 10.4. The van der Waals surface area contributed by atoms with Gasteiger partial charge in [-0.2, -0.15) is 0 Å². The molecule has 1 aromatic rings. The molecule has 4 nitrogen and oxygen atoms in total. The lowest BCUT2D eigenvalue weighted by Crippen LogP contribution is -2.46. The van der Waals surface area contributed by atoms with E-state index >= 15 is 0 Å². The molecule has 1 saturated heterocycles. The SMILES string of the molecule is CC1CN(CCCNC(=O)CCSc2ccc(Br)cc2)CC(C)O1. The number of nitrogens with one attached hydrogen (secondary N) is 1. The second-order valence-electron chi connectivity index (χ2n) is 6.27. The molecule has 2 atom stereocenters. The Labute approximate surface area is 157 Å². The normalized spacial score (nSPS) is 21.6. The van der Waals surface area contributed by atoms with Gasteiger partial charge >= 0.3 is 0 Å². The number of thioether (sulfide) groups is 1. The zero-order valence-electron chi connectivity index (χ0n) is 14.5. The largest absolute Gasteiger partial charge is 0.373 e. The number of halogens is 1. The number of amides is 1. The van der Waals surface area contributed by atoms with Gasteiger partial charge in [-0.05, 0) is 44.5 Å². The molecule has 1 aliphatic heterocycles. The third-order valence-electron chi connectivity index (χ3n) is 3.88. The van der Waals surface area contributed by atoms with Crippen LogP contribution in [0.3, 0.4) is 0 Å². The highest BCUT2D eigenvalue weighted by atomic mass is 79.9. The number of hydrogen-bond donors (Lipinski definition) is 1. The van der Waals surface area contributed by atoms with Gasteiger partial charge in [-0.15, -0.1) is 11.8 Å². The smallest absolute Gasteiger partial charge is 0.220 e. The molecule has 1 aliphatic rings. The number of rotatable bonds is 8. The molecule has 2 rings (SSSR count). The van der Waals surface area contributed by atoms with Gasteiger partial charge in [0.15, 0.2) is 0 Å². The van der Waals surface area contributed by atoms with E-state index in [0.29, 0.717) is 18.6 Å². The van der Waals surface area contributed by atoms with Crippen molar-refractivity contribution >= 4 is 33.6 Å². The number of benzene rings is 1. The van der Waals surface area contributed by atoms with Gasteiger partial charge < -0.3 is 10.1 Å². The molecule has 0 bridgehead atoms. The van der Waals surface area contributed by atoms with Crippen molar-refractivity contribution in [2.24, 2.45) is 0 Å². The van der Waals surface area contributed by atoms with Gasteiger partial charge in [0.2, 0.25) is 5.91 Å². The summed E-state index contributed by atoms with van der Waals surface area (Å²) in [6.45, 7) is 7.99. The molecule has 24 heavy (non-hydrogen) atoms. The first-order valence-corrected chi connectivity index (χ1v) is 10.3. The molecule has 1 amide bonds. The van der Waals surface area contributed by atoms with Gasteiger partial charge in [0.25, 0.3) is 0 Å². The lowest BCUT2D eigenvalue weighted by Gasteiger charge is -2.35. The Bertz CT molecular complexity index is 502. The van der Waals surface area contributed by atoms with Gasteiger partial charge in [0, 0.05) is 47.7 Å². The van der Waals surface area contributed by atoms with Crippen LogP contribution in [0.5, 0.6) is 0 Å². The highest BCUT2D eigenvalue weighted by Crippen LogP contribution is 2.21. The van der Waals surface area contributed by atoms with Crippen LogP contribution in [0, 0.1) is 0 Å². The number of nitrogens with zero attached hydrogens (tertiary/aromatic N) is 1. The van der Waals surface area contributed by atoms with Crippen LogP contribution in [-0.2, 0) is 9.53 Å². The van der Waals surface area contributed by atoms with Gasteiger partial charge in [-0.3, -0.25) is 9.69 Å². The second-order valence-corrected chi connectivity index (χ2v) is 8.36. The van der Waals surface area contributed by atoms with Crippen molar-refractivity contribution in [3.8, 4) is 0 Å². The fourth-order valence-corrected chi connectivity index (χ4v) is 3.99. The highest BCUT2D eigenvalue weighted by Gasteiger charge is 2.21. The number of carbonyl (C=O) groups is 1. The summed E-state index contributed by atoms with van der Waals surface area (Å²) in [5, 5.41) is 3.02. The van der Waals surface area contributed by atoms with Gasteiger partial charge in [-0.1, -0.05) is 15.9 Å². The Morgan fingerprint density at radius 1 is 1.29 bits per heavy atom. The first kappa shape index (κ1) is 19.8. The predicted octanol–water partition coefficient (Wildman–Crippen LogP) is 3.55. The molecule has 1 fully saturated rings. The summed E-state index contributed by atoms with van der Waals surface area (Å²) < 4.78 is 6.81. The van der Waals surface area contributed by atoms with Gasteiger partial charge in [0.05, 0.1) is 12.2 Å². The highest BCUT2D eigenvalue weighted by molar-refractivity contribution is 9.10. The Balaban J connectivity index is 1.52. The van der Waals surface area contributed by atoms with E-state index in [9.17, 15) is 4.79 Å². The van der Waals surface area contributed by atoms with E-state index in [2.05, 4.69) is 52.1 Å². The molecule has 1 aromatic carbocycles. The zero-order chi connectivity index (χ0) is 17.4. The van der Waals surface area contributed by atoms with Crippen molar-refractivity contribution in [3.63, 3.8) is 0 Å². The van der Waals surface area contributed by atoms with Crippen LogP contribution >= 0.6 is 27.7 Å². The molecule has 1 N–H and O–H groups in total. The van der Waals surface area contributed by atoms with Crippen molar-refractivity contribution in [1.29, 1.82) is 0 Å². The van der Waals surface area contributed by atoms with E-state index in [1.165, 1.54) is 4.90 Å². The predicted molar refractivity (Wildman–Crippen MR) is 104 cm³/mol. The van der Waals surface area contributed by atoms with Crippen molar-refractivity contribution < 1.29 is 9.53 Å². The lowest BCUT2D eigenvalue weighted by atomic mass is 10.2.